The molecule has 0 saturated carbocycles. The summed E-state index contributed by atoms with van der Waals surface area (Å²) in [6.45, 7) is 2.00. The Morgan fingerprint density at radius 2 is 1.81 bits per heavy atom. The van der Waals surface area contributed by atoms with Gasteiger partial charge in [-0.05, 0) is 25.8 Å². The largest absolute Gasteiger partial charge is 0.367 e. The van der Waals surface area contributed by atoms with E-state index in [2.05, 4.69) is 9.97 Å². The molecule has 6 heteroatoms. The molecule has 0 N–H and O–H groups in total. The molecule has 0 aliphatic carbocycles. The number of halogens is 3. The Morgan fingerprint density at radius 1 is 1.14 bits per heavy atom. The minimum Gasteiger partial charge on any atom is -0.367 e. The number of rotatable bonds is 2. The summed E-state index contributed by atoms with van der Waals surface area (Å²) in [5, 5.41) is 0.275. The number of hydrogen-bond donors (Lipinski definition) is 0. The first-order valence-corrected chi connectivity index (χ1v) is 7.45. The molecule has 1 aromatic carbocycles. The van der Waals surface area contributed by atoms with Crippen molar-refractivity contribution in [1.29, 1.82) is 0 Å². The van der Waals surface area contributed by atoms with Crippen LogP contribution < -0.4 is 0 Å². The van der Waals surface area contributed by atoms with Crippen LogP contribution in [0.1, 0.15) is 31.7 Å². The van der Waals surface area contributed by atoms with Crippen molar-refractivity contribution in [1.82, 2.24) is 9.97 Å². The summed E-state index contributed by atoms with van der Waals surface area (Å²) in [5.41, 5.74) is 0.603. The topological polar surface area (TPSA) is 35.0 Å². The molecule has 110 valence electrons. The first kappa shape index (κ1) is 14.7. The van der Waals surface area contributed by atoms with Gasteiger partial charge < -0.3 is 4.74 Å². The van der Waals surface area contributed by atoms with Crippen molar-refractivity contribution < 1.29 is 9.13 Å². The van der Waals surface area contributed by atoms with Gasteiger partial charge in [-0.25, -0.2) is 14.4 Å². The lowest BCUT2D eigenvalue weighted by molar-refractivity contribution is 0.0503. The van der Waals surface area contributed by atoms with Crippen LogP contribution in [0.4, 0.5) is 4.39 Å². The van der Waals surface area contributed by atoms with Crippen LogP contribution in [-0.4, -0.2) is 16.1 Å². The van der Waals surface area contributed by atoms with Gasteiger partial charge in [0, 0.05) is 5.56 Å². The van der Waals surface area contributed by atoms with Crippen LogP contribution in [0.25, 0.3) is 11.1 Å². The summed E-state index contributed by atoms with van der Waals surface area (Å²) in [6.07, 6.45) is 1.73. The van der Waals surface area contributed by atoms with E-state index in [0.717, 1.165) is 12.8 Å². The Kier molecular flexibility index (Phi) is 4.11. The molecule has 21 heavy (non-hydrogen) atoms. The van der Waals surface area contributed by atoms with Gasteiger partial charge in [0.25, 0.3) is 0 Å². The van der Waals surface area contributed by atoms with Gasteiger partial charge in [0.15, 0.2) is 5.82 Å². The molecule has 0 spiro atoms. The van der Waals surface area contributed by atoms with Crippen molar-refractivity contribution in [2.45, 2.75) is 32.0 Å². The fourth-order valence-electron chi connectivity index (χ4n) is 2.45. The van der Waals surface area contributed by atoms with Crippen molar-refractivity contribution >= 4 is 23.2 Å². The van der Waals surface area contributed by atoms with Crippen molar-refractivity contribution in [2.75, 3.05) is 0 Å². The second-order valence-electron chi connectivity index (χ2n) is 5.03. The second kappa shape index (κ2) is 5.87. The molecule has 1 saturated heterocycles. The van der Waals surface area contributed by atoms with Gasteiger partial charge in [0.2, 0.25) is 0 Å². The summed E-state index contributed by atoms with van der Waals surface area (Å²) >= 11 is 12.4. The normalized spacial score (nSPS) is 21.7. The average molecular weight is 327 g/mol. The van der Waals surface area contributed by atoms with E-state index in [1.165, 1.54) is 6.07 Å². The molecule has 1 aromatic heterocycles. The van der Waals surface area contributed by atoms with E-state index >= 15 is 0 Å². The zero-order valence-electron chi connectivity index (χ0n) is 11.3. The summed E-state index contributed by atoms with van der Waals surface area (Å²) in [5.74, 6) is 0.0397. The van der Waals surface area contributed by atoms with Crippen LogP contribution in [0.5, 0.6) is 0 Å². The van der Waals surface area contributed by atoms with Crippen LogP contribution in [-0.2, 0) is 4.74 Å². The highest BCUT2D eigenvalue weighted by atomic mass is 35.5. The van der Waals surface area contributed by atoms with E-state index < -0.39 is 5.82 Å². The van der Waals surface area contributed by atoms with Gasteiger partial charge in [0.1, 0.15) is 22.2 Å². The monoisotopic (exact) mass is 326 g/mol. The Morgan fingerprint density at radius 3 is 2.38 bits per heavy atom. The molecule has 2 atom stereocenters. The molecule has 0 bridgehead atoms. The third kappa shape index (κ3) is 2.89. The first-order valence-electron chi connectivity index (χ1n) is 6.69. The first-order chi connectivity index (χ1) is 10.1. The van der Waals surface area contributed by atoms with Crippen LogP contribution in [0.15, 0.2) is 24.3 Å². The Labute approximate surface area is 132 Å². The summed E-state index contributed by atoms with van der Waals surface area (Å²) in [7, 11) is 0. The predicted octanol–water partition coefficient (Wildman–Crippen LogP) is 4.83. The lowest BCUT2D eigenvalue weighted by Crippen LogP contribution is -2.07. The fraction of sp³-hybridized carbons (Fsp3) is 0.333. The SMILES string of the molecule is CC1CCC(c2nc(Cl)c(-c3ccccc3F)c(Cl)n2)O1. The van der Waals surface area contributed by atoms with Gasteiger partial charge in [-0.1, -0.05) is 41.4 Å². The van der Waals surface area contributed by atoms with Crippen LogP contribution in [0.3, 0.4) is 0 Å². The molecule has 3 rings (SSSR count). The molecular weight excluding hydrogens is 314 g/mol. The highest BCUT2D eigenvalue weighted by Crippen LogP contribution is 2.37. The van der Waals surface area contributed by atoms with Crippen molar-refractivity contribution in [2.24, 2.45) is 0 Å². The second-order valence-corrected chi connectivity index (χ2v) is 5.75. The minimum atomic E-state index is -0.414. The predicted molar refractivity (Wildman–Crippen MR) is 80.0 cm³/mol. The van der Waals surface area contributed by atoms with E-state index in [-0.39, 0.29) is 22.5 Å². The third-order valence-electron chi connectivity index (χ3n) is 3.50. The minimum absolute atomic E-state index is 0.137. The van der Waals surface area contributed by atoms with Crippen molar-refractivity contribution in [3.8, 4) is 11.1 Å². The quantitative estimate of drug-likeness (QED) is 0.741. The maximum Gasteiger partial charge on any atom is 0.160 e. The lowest BCUT2D eigenvalue weighted by atomic mass is 10.1. The van der Waals surface area contributed by atoms with Crippen LogP contribution in [0.2, 0.25) is 10.3 Å². The molecule has 2 aromatic rings. The van der Waals surface area contributed by atoms with Gasteiger partial charge in [-0.3, -0.25) is 0 Å². The molecule has 0 radical (unpaired) electrons. The zero-order valence-corrected chi connectivity index (χ0v) is 12.8. The Hall–Kier alpha value is -1.23. The fourth-order valence-corrected chi connectivity index (χ4v) is 3.05. The molecule has 2 unspecified atom stereocenters. The molecule has 3 nitrogen and oxygen atoms in total. The third-order valence-corrected chi connectivity index (χ3v) is 4.05. The zero-order chi connectivity index (χ0) is 15.0. The van der Waals surface area contributed by atoms with Gasteiger partial charge in [-0.2, -0.15) is 0 Å². The molecule has 1 aliphatic rings. The summed E-state index contributed by atoms with van der Waals surface area (Å²) in [4.78, 5) is 8.49. The van der Waals surface area contributed by atoms with Crippen LogP contribution in [0, 0.1) is 5.82 Å². The maximum atomic E-state index is 13.9. The highest BCUT2D eigenvalue weighted by Gasteiger charge is 2.27. The van der Waals surface area contributed by atoms with Crippen molar-refractivity contribution in [3.63, 3.8) is 0 Å². The lowest BCUT2D eigenvalue weighted by Gasteiger charge is -2.13. The maximum absolute atomic E-state index is 13.9. The average Bonchev–Trinajstić information content (AvgIpc) is 2.87. The highest BCUT2D eigenvalue weighted by molar-refractivity contribution is 6.37. The van der Waals surface area contributed by atoms with E-state index in [1.54, 1.807) is 18.2 Å². The molecule has 1 aliphatic heterocycles. The van der Waals surface area contributed by atoms with Crippen molar-refractivity contribution in [3.05, 3.63) is 46.2 Å². The summed E-state index contributed by atoms with van der Waals surface area (Å²) in [6, 6.07) is 6.25. The smallest absolute Gasteiger partial charge is 0.160 e. The van der Waals surface area contributed by atoms with E-state index in [9.17, 15) is 4.39 Å². The molecular formula is C15H13Cl2FN2O. The van der Waals surface area contributed by atoms with Gasteiger partial charge in [-0.15, -0.1) is 0 Å². The van der Waals surface area contributed by atoms with E-state index in [0.29, 0.717) is 17.0 Å². The number of ether oxygens (including phenoxy) is 1. The van der Waals surface area contributed by atoms with E-state index in [1.807, 2.05) is 6.92 Å². The summed E-state index contributed by atoms with van der Waals surface area (Å²) < 4.78 is 19.6. The number of nitrogens with zero attached hydrogens (tertiary/aromatic N) is 2. The van der Waals surface area contributed by atoms with Crippen LogP contribution >= 0.6 is 23.2 Å². The van der Waals surface area contributed by atoms with Gasteiger partial charge >= 0.3 is 0 Å². The molecule has 1 fully saturated rings. The van der Waals surface area contributed by atoms with E-state index in [4.69, 9.17) is 27.9 Å². The number of aromatic nitrogens is 2. The standard InChI is InChI=1S/C15H13Cl2FN2O/c1-8-6-7-11(21-8)15-19-13(16)12(14(17)20-15)9-4-2-3-5-10(9)18/h2-5,8,11H,6-7H2,1H3. The Bertz CT molecular complexity index is 657. The number of hydrogen-bond acceptors (Lipinski definition) is 3. The molecule has 2 heterocycles. The van der Waals surface area contributed by atoms with Gasteiger partial charge in [0.05, 0.1) is 11.7 Å². The molecule has 0 amide bonds. The Balaban J connectivity index is 2.03. The number of benzene rings is 1.